The highest BCUT2D eigenvalue weighted by atomic mass is 32.1. The number of carbonyl (C=O) groups is 1. The molecule has 1 aromatic heterocycles. The topological polar surface area (TPSA) is 36.4 Å². The van der Waals surface area contributed by atoms with Crippen LogP contribution in [0.15, 0.2) is 65.5 Å². The van der Waals surface area contributed by atoms with Crippen LogP contribution in [0.4, 0.5) is 0 Å². The molecule has 2 aliphatic rings. The summed E-state index contributed by atoms with van der Waals surface area (Å²) in [6.07, 6.45) is 0. The number of likely N-dealkylation sites (tertiary alicyclic amines) is 2. The summed E-state index contributed by atoms with van der Waals surface area (Å²) in [6, 6.07) is 19.4. The van der Waals surface area contributed by atoms with E-state index < -0.39 is 0 Å². The summed E-state index contributed by atoms with van der Waals surface area (Å²) in [6.45, 7) is 4.87. The maximum absolute atomic E-state index is 12.5. The van der Waals surface area contributed by atoms with Gasteiger partial charge in [0.05, 0.1) is 5.51 Å². The van der Waals surface area contributed by atoms with Gasteiger partial charge in [-0.15, -0.1) is 11.3 Å². The molecule has 3 aromatic rings. The van der Waals surface area contributed by atoms with E-state index in [2.05, 4.69) is 58.4 Å². The van der Waals surface area contributed by atoms with Gasteiger partial charge in [0.25, 0.3) is 5.91 Å². The second-order valence-electron chi connectivity index (χ2n) is 7.86. The minimum atomic E-state index is 0.0960. The summed E-state index contributed by atoms with van der Waals surface area (Å²) in [5, 5.41) is 1.85. The van der Waals surface area contributed by atoms with Crippen molar-refractivity contribution in [3.05, 3.63) is 76.7 Å². The van der Waals surface area contributed by atoms with Gasteiger partial charge >= 0.3 is 0 Å². The number of nitrogens with zero attached hydrogens (tertiary/aromatic N) is 3. The van der Waals surface area contributed by atoms with Gasteiger partial charge in [-0.3, -0.25) is 9.69 Å². The molecule has 2 saturated heterocycles. The third kappa shape index (κ3) is 3.48. The monoisotopic (exact) mass is 389 g/mol. The average Bonchev–Trinajstić information content (AvgIpc) is 3.45. The Kier molecular flexibility index (Phi) is 4.71. The Balaban J connectivity index is 1.18. The first kappa shape index (κ1) is 17.6. The summed E-state index contributed by atoms with van der Waals surface area (Å²) in [5.74, 6) is 1.27. The molecular formula is C23H23N3OS. The highest BCUT2D eigenvalue weighted by molar-refractivity contribution is 7.07. The molecule has 28 heavy (non-hydrogen) atoms. The minimum absolute atomic E-state index is 0.0960. The molecule has 2 atom stereocenters. The van der Waals surface area contributed by atoms with Crippen LogP contribution in [0.25, 0.3) is 11.1 Å². The first-order valence-corrected chi connectivity index (χ1v) is 10.7. The third-order valence-electron chi connectivity index (χ3n) is 5.97. The van der Waals surface area contributed by atoms with Crippen LogP contribution in [0.1, 0.15) is 16.1 Å². The van der Waals surface area contributed by atoms with Crippen LogP contribution in [0.3, 0.4) is 0 Å². The van der Waals surface area contributed by atoms with E-state index in [1.165, 1.54) is 28.0 Å². The molecule has 142 valence electrons. The Bertz CT molecular complexity index is 926. The van der Waals surface area contributed by atoms with E-state index in [1.807, 2.05) is 16.3 Å². The molecule has 0 radical (unpaired) electrons. The Morgan fingerprint density at radius 3 is 2.25 bits per heavy atom. The summed E-state index contributed by atoms with van der Waals surface area (Å²) in [7, 11) is 0. The van der Waals surface area contributed by atoms with Gasteiger partial charge in [0, 0.05) is 38.1 Å². The van der Waals surface area contributed by atoms with E-state index in [-0.39, 0.29) is 5.91 Å². The van der Waals surface area contributed by atoms with Gasteiger partial charge in [-0.25, -0.2) is 4.98 Å². The molecule has 0 unspecified atom stereocenters. The largest absolute Gasteiger partial charge is 0.337 e. The van der Waals surface area contributed by atoms with Crippen LogP contribution in [0, 0.1) is 11.8 Å². The van der Waals surface area contributed by atoms with Crippen LogP contribution >= 0.6 is 11.3 Å². The zero-order chi connectivity index (χ0) is 18.9. The van der Waals surface area contributed by atoms with Crippen molar-refractivity contribution >= 4 is 17.2 Å². The first-order chi connectivity index (χ1) is 13.8. The van der Waals surface area contributed by atoms with Gasteiger partial charge in [-0.1, -0.05) is 54.6 Å². The highest BCUT2D eigenvalue weighted by Crippen LogP contribution is 2.33. The Hall–Kier alpha value is -2.50. The lowest BCUT2D eigenvalue weighted by atomic mass is 10.0. The van der Waals surface area contributed by atoms with Gasteiger partial charge in [0.2, 0.25) is 0 Å². The van der Waals surface area contributed by atoms with Gasteiger partial charge < -0.3 is 4.90 Å². The number of thiazole rings is 1. The van der Waals surface area contributed by atoms with E-state index in [9.17, 15) is 4.79 Å². The van der Waals surface area contributed by atoms with E-state index in [0.717, 1.165) is 32.7 Å². The molecule has 2 aromatic carbocycles. The lowest BCUT2D eigenvalue weighted by Gasteiger charge is -2.21. The van der Waals surface area contributed by atoms with E-state index in [1.54, 1.807) is 5.51 Å². The molecule has 5 rings (SSSR count). The highest BCUT2D eigenvalue weighted by Gasteiger charge is 2.41. The quantitative estimate of drug-likeness (QED) is 0.676. The first-order valence-electron chi connectivity index (χ1n) is 9.80. The third-order valence-corrected chi connectivity index (χ3v) is 6.55. The fourth-order valence-corrected chi connectivity index (χ4v) is 5.08. The van der Waals surface area contributed by atoms with E-state index in [0.29, 0.717) is 17.5 Å². The van der Waals surface area contributed by atoms with Crippen molar-refractivity contribution in [1.82, 2.24) is 14.8 Å². The van der Waals surface area contributed by atoms with Crippen molar-refractivity contribution in [3.63, 3.8) is 0 Å². The normalized spacial score (nSPS) is 21.8. The second kappa shape index (κ2) is 7.49. The van der Waals surface area contributed by atoms with Gasteiger partial charge in [0.15, 0.2) is 0 Å². The average molecular weight is 390 g/mol. The Labute approximate surface area is 169 Å². The summed E-state index contributed by atoms with van der Waals surface area (Å²) in [4.78, 5) is 21.2. The second-order valence-corrected chi connectivity index (χ2v) is 8.58. The SMILES string of the molecule is O=C(c1cscn1)N1C[C@@H]2CN(Cc3ccc(-c4ccccc4)cc3)C[C@H]2C1. The number of benzene rings is 2. The predicted molar refractivity (Wildman–Crippen MR) is 112 cm³/mol. The molecule has 3 heterocycles. The maximum atomic E-state index is 12.5. The molecule has 0 spiro atoms. The molecule has 2 aliphatic heterocycles. The summed E-state index contributed by atoms with van der Waals surface area (Å²) >= 11 is 1.48. The van der Waals surface area contributed by atoms with Crippen LogP contribution in [-0.2, 0) is 6.54 Å². The summed E-state index contributed by atoms with van der Waals surface area (Å²) < 4.78 is 0. The summed E-state index contributed by atoms with van der Waals surface area (Å²) in [5.41, 5.74) is 6.21. The van der Waals surface area contributed by atoms with Gasteiger partial charge in [0.1, 0.15) is 5.69 Å². The molecule has 1 amide bonds. The lowest BCUT2D eigenvalue weighted by Crippen LogP contribution is -2.33. The van der Waals surface area contributed by atoms with Gasteiger partial charge in [-0.2, -0.15) is 0 Å². The number of amides is 1. The number of rotatable bonds is 4. The van der Waals surface area contributed by atoms with Crippen LogP contribution in [0.2, 0.25) is 0 Å². The molecule has 0 saturated carbocycles. The fraction of sp³-hybridized carbons (Fsp3) is 0.304. The maximum Gasteiger partial charge on any atom is 0.273 e. The molecule has 0 N–H and O–H groups in total. The van der Waals surface area contributed by atoms with Crippen molar-refractivity contribution in [1.29, 1.82) is 0 Å². The van der Waals surface area contributed by atoms with Crippen molar-refractivity contribution in [3.8, 4) is 11.1 Å². The number of aromatic nitrogens is 1. The van der Waals surface area contributed by atoms with Crippen LogP contribution in [0.5, 0.6) is 0 Å². The zero-order valence-corrected chi connectivity index (χ0v) is 16.5. The number of hydrogen-bond acceptors (Lipinski definition) is 4. The smallest absolute Gasteiger partial charge is 0.273 e. The minimum Gasteiger partial charge on any atom is -0.337 e. The van der Waals surface area contributed by atoms with Crippen LogP contribution in [-0.4, -0.2) is 46.9 Å². The molecule has 4 nitrogen and oxygen atoms in total. The van der Waals surface area contributed by atoms with Crippen molar-refractivity contribution in [2.24, 2.45) is 11.8 Å². The van der Waals surface area contributed by atoms with Gasteiger partial charge in [-0.05, 0) is 28.5 Å². The molecule has 0 bridgehead atoms. The van der Waals surface area contributed by atoms with Crippen molar-refractivity contribution in [2.45, 2.75) is 6.54 Å². The predicted octanol–water partition coefficient (Wildman–Crippen LogP) is 4.01. The van der Waals surface area contributed by atoms with E-state index >= 15 is 0 Å². The van der Waals surface area contributed by atoms with Crippen molar-refractivity contribution in [2.75, 3.05) is 26.2 Å². The standard InChI is InChI=1S/C23H23N3OS/c27-23(22-15-28-16-24-22)26-13-20-11-25(12-21(20)14-26)10-17-6-8-19(9-7-17)18-4-2-1-3-5-18/h1-9,15-16,20-21H,10-14H2/t20-,21-/m0/s1. The molecule has 0 aliphatic carbocycles. The Morgan fingerprint density at radius 1 is 0.929 bits per heavy atom. The van der Waals surface area contributed by atoms with E-state index in [4.69, 9.17) is 0 Å². The number of fused-ring (bicyclic) bond motifs is 1. The Morgan fingerprint density at radius 2 is 1.61 bits per heavy atom. The lowest BCUT2D eigenvalue weighted by molar-refractivity contribution is 0.0768. The fourth-order valence-electron chi connectivity index (χ4n) is 4.56. The number of hydrogen-bond donors (Lipinski definition) is 0. The van der Waals surface area contributed by atoms with Crippen LogP contribution < -0.4 is 0 Å². The van der Waals surface area contributed by atoms with Crippen molar-refractivity contribution < 1.29 is 4.79 Å². The zero-order valence-electron chi connectivity index (χ0n) is 15.7. The molecule has 5 heteroatoms. The number of carbonyl (C=O) groups excluding carboxylic acids is 1. The molecule has 2 fully saturated rings. The molecular weight excluding hydrogens is 366 g/mol.